The first-order chi connectivity index (χ1) is 15.4. The summed E-state index contributed by atoms with van der Waals surface area (Å²) in [6, 6.07) is 12.3. The third-order valence-corrected chi connectivity index (χ3v) is 5.91. The standard InChI is InChI=1S/C24H21FN6O/c1-13-4-5-17(10-14(13)2)19-11-21(32)28-23-22(19)15(3)30-31(23)24-27-20(12-26-29-24)16-6-8-18(25)9-7-16/h4-10,12,19H,11H2,1-3H3,(H,28,32)/t19-/m1/s1. The number of amides is 1. The van der Waals surface area contributed by atoms with Gasteiger partial charge in [0.05, 0.1) is 17.6 Å². The molecule has 8 heteroatoms. The summed E-state index contributed by atoms with van der Waals surface area (Å²) in [5.74, 6) is 0.259. The lowest BCUT2D eigenvalue weighted by Gasteiger charge is -2.24. The van der Waals surface area contributed by atoms with Crippen molar-refractivity contribution in [1.29, 1.82) is 0 Å². The first-order valence-electron chi connectivity index (χ1n) is 10.3. The van der Waals surface area contributed by atoms with E-state index < -0.39 is 0 Å². The quantitative estimate of drug-likeness (QED) is 0.527. The molecule has 2 aromatic heterocycles. The third kappa shape index (κ3) is 3.43. The summed E-state index contributed by atoms with van der Waals surface area (Å²) in [7, 11) is 0. The van der Waals surface area contributed by atoms with Crippen LogP contribution in [-0.2, 0) is 4.79 Å². The average molecular weight is 428 g/mol. The molecule has 32 heavy (non-hydrogen) atoms. The van der Waals surface area contributed by atoms with Crippen molar-refractivity contribution in [3.05, 3.63) is 82.4 Å². The number of halogens is 1. The largest absolute Gasteiger partial charge is 0.310 e. The number of hydrogen-bond acceptors (Lipinski definition) is 5. The number of hydrogen-bond donors (Lipinski definition) is 1. The summed E-state index contributed by atoms with van der Waals surface area (Å²) in [5, 5.41) is 15.8. The molecule has 160 valence electrons. The lowest BCUT2D eigenvalue weighted by Crippen LogP contribution is -2.25. The number of anilines is 1. The fourth-order valence-corrected chi connectivity index (χ4v) is 4.10. The van der Waals surface area contributed by atoms with Crippen LogP contribution in [0, 0.1) is 26.6 Å². The molecular weight excluding hydrogens is 407 g/mol. The van der Waals surface area contributed by atoms with Crippen molar-refractivity contribution in [2.45, 2.75) is 33.1 Å². The Bertz CT molecular complexity index is 1350. The molecule has 1 aliphatic rings. The first-order valence-corrected chi connectivity index (χ1v) is 10.3. The molecule has 1 N–H and O–H groups in total. The Labute approximate surface area is 184 Å². The maximum absolute atomic E-state index is 13.3. The normalized spacial score (nSPS) is 15.4. The van der Waals surface area contributed by atoms with Crippen molar-refractivity contribution in [2.24, 2.45) is 0 Å². The van der Waals surface area contributed by atoms with Crippen molar-refractivity contribution < 1.29 is 9.18 Å². The zero-order valence-corrected chi connectivity index (χ0v) is 17.9. The van der Waals surface area contributed by atoms with Crippen LogP contribution in [0.5, 0.6) is 0 Å². The Morgan fingerprint density at radius 1 is 1.06 bits per heavy atom. The molecule has 0 radical (unpaired) electrons. The zero-order chi connectivity index (χ0) is 22.4. The molecule has 0 saturated carbocycles. The molecule has 5 rings (SSSR count). The van der Waals surface area contributed by atoms with Crippen LogP contribution in [0.15, 0.2) is 48.7 Å². The second kappa shape index (κ2) is 7.64. The first kappa shape index (κ1) is 20.0. The highest BCUT2D eigenvalue weighted by Gasteiger charge is 2.33. The van der Waals surface area contributed by atoms with E-state index in [9.17, 15) is 9.18 Å². The van der Waals surface area contributed by atoms with Crippen LogP contribution in [-0.4, -0.2) is 30.9 Å². The van der Waals surface area contributed by atoms with Crippen LogP contribution >= 0.6 is 0 Å². The van der Waals surface area contributed by atoms with E-state index in [0.717, 1.165) is 16.8 Å². The minimum absolute atomic E-state index is 0.0930. The van der Waals surface area contributed by atoms with Gasteiger partial charge in [-0.25, -0.2) is 9.37 Å². The summed E-state index contributed by atoms with van der Waals surface area (Å²) in [4.78, 5) is 17.2. The Hall–Kier alpha value is -3.94. The van der Waals surface area contributed by atoms with Crippen molar-refractivity contribution in [3.8, 4) is 17.2 Å². The van der Waals surface area contributed by atoms with Gasteiger partial charge in [-0.2, -0.15) is 14.9 Å². The molecule has 0 bridgehead atoms. The molecule has 0 saturated heterocycles. The molecule has 0 aliphatic carbocycles. The van der Waals surface area contributed by atoms with E-state index in [1.165, 1.54) is 34.1 Å². The Morgan fingerprint density at radius 3 is 2.59 bits per heavy atom. The summed E-state index contributed by atoms with van der Waals surface area (Å²) in [6.45, 7) is 6.05. The predicted octanol–water partition coefficient (Wildman–Crippen LogP) is 4.26. The lowest BCUT2D eigenvalue weighted by atomic mass is 9.84. The second-order valence-corrected chi connectivity index (χ2v) is 8.06. The number of benzene rings is 2. The van der Waals surface area contributed by atoms with Gasteiger partial charge in [-0.3, -0.25) is 4.79 Å². The monoisotopic (exact) mass is 428 g/mol. The number of aryl methyl sites for hydroxylation is 3. The van der Waals surface area contributed by atoms with Crippen molar-refractivity contribution in [3.63, 3.8) is 0 Å². The van der Waals surface area contributed by atoms with E-state index >= 15 is 0 Å². The summed E-state index contributed by atoms with van der Waals surface area (Å²) >= 11 is 0. The van der Waals surface area contributed by atoms with Gasteiger partial charge in [0.15, 0.2) is 0 Å². The highest BCUT2D eigenvalue weighted by atomic mass is 19.1. The van der Waals surface area contributed by atoms with Gasteiger partial charge in [-0.15, -0.1) is 5.10 Å². The number of fused-ring (bicyclic) bond motifs is 1. The molecular formula is C24H21FN6O. The SMILES string of the molecule is Cc1ccc([C@H]2CC(=O)Nc3c2c(C)nn3-c2nncc(-c3ccc(F)cc3)n2)cc1C. The van der Waals surface area contributed by atoms with Crippen LogP contribution in [0.25, 0.3) is 17.2 Å². The number of carbonyl (C=O) groups is 1. The third-order valence-electron chi connectivity index (χ3n) is 5.91. The summed E-state index contributed by atoms with van der Waals surface area (Å²) in [5.41, 5.74) is 6.44. The van der Waals surface area contributed by atoms with Gasteiger partial charge < -0.3 is 5.32 Å². The molecule has 0 spiro atoms. The minimum atomic E-state index is -0.326. The van der Waals surface area contributed by atoms with Gasteiger partial charge in [0.25, 0.3) is 5.95 Å². The molecule has 2 aromatic carbocycles. The van der Waals surface area contributed by atoms with E-state index in [4.69, 9.17) is 0 Å². The Balaban J connectivity index is 1.61. The number of nitrogens with one attached hydrogen (secondary N) is 1. The highest BCUT2D eigenvalue weighted by Crippen LogP contribution is 2.40. The van der Waals surface area contributed by atoms with E-state index in [2.05, 4.69) is 57.6 Å². The van der Waals surface area contributed by atoms with Crippen molar-refractivity contribution >= 4 is 11.7 Å². The Kier molecular flexibility index (Phi) is 4.77. The van der Waals surface area contributed by atoms with Gasteiger partial charge >= 0.3 is 0 Å². The zero-order valence-electron chi connectivity index (χ0n) is 17.9. The smallest absolute Gasteiger partial charge is 0.272 e. The van der Waals surface area contributed by atoms with E-state index in [-0.39, 0.29) is 23.6 Å². The van der Waals surface area contributed by atoms with Crippen molar-refractivity contribution in [1.82, 2.24) is 25.0 Å². The molecule has 1 atom stereocenters. The molecule has 1 aliphatic heterocycles. The van der Waals surface area contributed by atoms with Crippen LogP contribution in [0.2, 0.25) is 0 Å². The topological polar surface area (TPSA) is 85.6 Å². The minimum Gasteiger partial charge on any atom is -0.310 e. The molecule has 1 amide bonds. The van der Waals surface area contributed by atoms with Gasteiger partial charge in [0.1, 0.15) is 11.6 Å². The average Bonchev–Trinajstić information content (AvgIpc) is 3.12. The fraction of sp³-hybridized carbons (Fsp3) is 0.208. The van der Waals surface area contributed by atoms with E-state index in [0.29, 0.717) is 23.5 Å². The van der Waals surface area contributed by atoms with E-state index in [1.807, 2.05) is 6.92 Å². The second-order valence-electron chi connectivity index (χ2n) is 8.06. The van der Waals surface area contributed by atoms with Crippen molar-refractivity contribution in [2.75, 3.05) is 5.32 Å². The summed E-state index contributed by atoms with van der Waals surface area (Å²) < 4.78 is 14.8. The molecule has 4 aromatic rings. The van der Waals surface area contributed by atoms with Crippen LogP contribution in [0.4, 0.5) is 10.2 Å². The van der Waals surface area contributed by atoms with Crippen LogP contribution in [0.1, 0.15) is 40.3 Å². The van der Waals surface area contributed by atoms with Gasteiger partial charge in [-0.1, -0.05) is 18.2 Å². The number of aromatic nitrogens is 5. The lowest BCUT2D eigenvalue weighted by molar-refractivity contribution is -0.116. The number of rotatable bonds is 3. The predicted molar refractivity (Wildman–Crippen MR) is 118 cm³/mol. The number of nitrogens with zero attached hydrogens (tertiary/aromatic N) is 5. The van der Waals surface area contributed by atoms with E-state index in [1.54, 1.807) is 12.1 Å². The highest BCUT2D eigenvalue weighted by molar-refractivity contribution is 5.95. The van der Waals surface area contributed by atoms with Crippen LogP contribution < -0.4 is 5.32 Å². The number of carbonyl (C=O) groups excluding carboxylic acids is 1. The molecule has 3 heterocycles. The molecule has 7 nitrogen and oxygen atoms in total. The maximum atomic E-state index is 13.3. The fourth-order valence-electron chi connectivity index (χ4n) is 4.10. The van der Waals surface area contributed by atoms with Gasteiger partial charge in [-0.05, 0) is 61.7 Å². The molecule has 0 unspecified atom stereocenters. The summed E-state index contributed by atoms with van der Waals surface area (Å²) in [6.07, 6.45) is 1.85. The maximum Gasteiger partial charge on any atom is 0.272 e. The van der Waals surface area contributed by atoms with Gasteiger partial charge in [0.2, 0.25) is 5.91 Å². The Morgan fingerprint density at radius 2 is 1.84 bits per heavy atom. The molecule has 0 fully saturated rings. The van der Waals surface area contributed by atoms with Crippen LogP contribution in [0.3, 0.4) is 0 Å². The van der Waals surface area contributed by atoms with Gasteiger partial charge in [0, 0.05) is 23.5 Å².